The van der Waals surface area contributed by atoms with Crippen molar-refractivity contribution in [1.29, 1.82) is 0 Å². The average Bonchev–Trinajstić information content (AvgIpc) is 2.93. The van der Waals surface area contributed by atoms with E-state index in [0.717, 1.165) is 38.6 Å². The molecular weight excluding hydrogens is 389 g/mol. The molecule has 1 aliphatic rings. The predicted molar refractivity (Wildman–Crippen MR) is 103 cm³/mol. The Balaban J connectivity index is 0.00000242. The summed E-state index contributed by atoms with van der Waals surface area (Å²) in [5.41, 5.74) is 0.484. The van der Waals surface area contributed by atoms with Crippen molar-refractivity contribution < 1.29 is 0 Å². The van der Waals surface area contributed by atoms with Gasteiger partial charge < -0.3 is 14.8 Å². The minimum absolute atomic E-state index is 0. The number of imidazole rings is 1. The number of aryl methyl sites for hydroxylation is 1. The van der Waals surface area contributed by atoms with Crippen LogP contribution in [-0.4, -0.2) is 45.6 Å². The number of hydrogen-bond donors (Lipinski definition) is 1. The minimum atomic E-state index is 0. The monoisotopic (exact) mass is 419 g/mol. The molecule has 0 aliphatic carbocycles. The second kappa shape index (κ2) is 7.66. The fourth-order valence-corrected chi connectivity index (χ4v) is 2.65. The van der Waals surface area contributed by atoms with E-state index in [1.54, 1.807) is 0 Å². The molecule has 0 atom stereocenters. The van der Waals surface area contributed by atoms with Crippen LogP contribution in [0.3, 0.4) is 0 Å². The summed E-state index contributed by atoms with van der Waals surface area (Å²) in [6, 6.07) is 0. The normalized spacial score (nSPS) is 19.3. The molecule has 0 unspecified atom stereocenters. The van der Waals surface area contributed by atoms with Gasteiger partial charge >= 0.3 is 0 Å². The second-order valence-electron chi connectivity index (χ2n) is 6.92. The summed E-state index contributed by atoms with van der Waals surface area (Å²) in [5.74, 6) is 1.05. The van der Waals surface area contributed by atoms with E-state index < -0.39 is 0 Å². The van der Waals surface area contributed by atoms with E-state index in [4.69, 9.17) is 4.99 Å². The van der Waals surface area contributed by atoms with Crippen LogP contribution in [0.4, 0.5) is 0 Å². The van der Waals surface area contributed by atoms with E-state index in [2.05, 4.69) is 54.4 Å². The highest BCUT2D eigenvalue weighted by atomic mass is 127. The van der Waals surface area contributed by atoms with E-state index >= 15 is 0 Å². The highest BCUT2D eigenvalue weighted by molar-refractivity contribution is 14.0. The van der Waals surface area contributed by atoms with Crippen molar-refractivity contribution in [3.8, 4) is 0 Å². The Morgan fingerprint density at radius 2 is 2.05 bits per heavy atom. The van der Waals surface area contributed by atoms with E-state index in [9.17, 15) is 0 Å². The minimum Gasteiger partial charge on any atom is -0.356 e. The molecule has 0 bridgehead atoms. The van der Waals surface area contributed by atoms with Crippen LogP contribution in [0.2, 0.25) is 0 Å². The number of aliphatic imine (C=N–C) groups is 1. The summed E-state index contributed by atoms with van der Waals surface area (Å²) in [7, 11) is 0. The smallest absolute Gasteiger partial charge is 0.194 e. The van der Waals surface area contributed by atoms with Gasteiger partial charge in [-0.1, -0.05) is 13.8 Å². The first kappa shape index (κ1) is 19.3. The maximum absolute atomic E-state index is 4.79. The van der Waals surface area contributed by atoms with Gasteiger partial charge in [0.25, 0.3) is 0 Å². The Kier molecular flexibility index (Phi) is 6.70. The van der Waals surface area contributed by atoms with E-state index in [1.807, 2.05) is 18.7 Å². The molecule has 1 saturated heterocycles. The molecule has 1 N–H and O–H groups in total. The van der Waals surface area contributed by atoms with Gasteiger partial charge in [0.1, 0.15) is 0 Å². The van der Waals surface area contributed by atoms with Crippen molar-refractivity contribution >= 4 is 29.9 Å². The molecule has 0 saturated carbocycles. The molecule has 5 nitrogen and oxygen atoms in total. The van der Waals surface area contributed by atoms with Crippen LogP contribution >= 0.6 is 24.0 Å². The van der Waals surface area contributed by atoms with Crippen LogP contribution in [-0.2, 0) is 6.54 Å². The fraction of sp³-hybridized carbons (Fsp3) is 0.750. The molecule has 1 aromatic rings. The predicted octanol–water partition coefficient (Wildman–Crippen LogP) is 2.98. The topological polar surface area (TPSA) is 45.5 Å². The lowest BCUT2D eigenvalue weighted by molar-refractivity contribution is -0.0667. The van der Waals surface area contributed by atoms with Gasteiger partial charge in [-0.3, -0.25) is 4.99 Å². The summed E-state index contributed by atoms with van der Waals surface area (Å²) in [6.07, 6.45) is 6.70. The number of guanidine groups is 1. The Labute approximate surface area is 151 Å². The summed E-state index contributed by atoms with van der Waals surface area (Å²) in [4.78, 5) is 11.2. The molecular formula is C16H30IN5. The first-order valence-corrected chi connectivity index (χ1v) is 7.90. The Morgan fingerprint density at radius 1 is 1.32 bits per heavy atom. The highest BCUT2D eigenvalue weighted by Gasteiger charge is 2.53. The zero-order valence-electron chi connectivity index (χ0n) is 14.5. The molecule has 2 rings (SSSR count). The number of likely N-dealkylation sites (tertiary alicyclic amines) is 1. The van der Waals surface area contributed by atoms with Crippen molar-refractivity contribution in [2.45, 2.75) is 53.1 Å². The molecule has 0 radical (unpaired) electrons. The van der Waals surface area contributed by atoms with Crippen LogP contribution in [0.5, 0.6) is 0 Å². The molecule has 126 valence electrons. The maximum atomic E-state index is 4.79. The number of aromatic nitrogens is 2. The van der Waals surface area contributed by atoms with Crippen molar-refractivity contribution in [1.82, 2.24) is 19.8 Å². The Hall–Kier alpha value is -0.790. The average molecular weight is 419 g/mol. The number of nitrogens with zero attached hydrogens (tertiary/aromatic N) is 4. The zero-order valence-corrected chi connectivity index (χ0v) is 16.8. The van der Waals surface area contributed by atoms with E-state index in [1.165, 1.54) is 0 Å². The van der Waals surface area contributed by atoms with Gasteiger partial charge in [0, 0.05) is 49.5 Å². The standard InChI is InChI=1S/C16H29N5.HI/c1-6-18-14(21-12-15(2,3)16(21,4)5)19-8-7-10-20-11-9-17-13-20;/h9,11,13H,6-8,10,12H2,1-5H3,(H,18,19);1H. The Morgan fingerprint density at radius 3 is 2.55 bits per heavy atom. The van der Waals surface area contributed by atoms with Crippen molar-refractivity contribution in [2.75, 3.05) is 19.6 Å². The molecule has 0 amide bonds. The molecule has 1 aromatic heterocycles. The quantitative estimate of drug-likeness (QED) is 0.346. The lowest BCUT2D eigenvalue weighted by atomic mass is 9.65. The fourth-order valence-electron chi connectivity index (χ4n) is 2.65. The third-order valence-electron chi connectivity index (χ3n) is 4.87. The van der Waals surface area contributed by atoms with Crippen LogP contribution in [0.15, 0.2) is 23.7 Å². The largest absolute Gasteiger partial charge is 0.356 e. The maximum Gasteiger partial charge on any atom is 0.194 e. The molecule has 1 fully saturated rings. The second-order valence-corrected chi connectivity index (χ2v) is 6.92. The highest BCUT2D eigenvalue weighted by Crippen LogP contribution is 2.46. The summed E-state index contributed by atoms with van der Waals surface area (Å²) in [5, 5.41) is 3.43. The summed E-state index contributed by atoms with van der Waals surface area (Å²) < 4.78 is 2.10. The van der Waals surface area contributed by atoms with Crippen LogP contribution < -0.4 is 5.32 Å². The number of hydrogen-bond acceptors (Lipinski definition) is 2. The first-order valence-electron chi connectivity index (χ1n) is 7.90. The molecule has 1 aliphatic heterocycles. The number of rotatable bonds is 5. The number of nitrogens with one attached hydrogen (secondary N) is 1. The lowest BCUT2D eigenvalue weighted by Gasteiger charge is -2.62. The summed E-state index contributed by atoms with van der Waals surface area (Å²) in [6.45, 7) is 15.2. The molecule has 0 spiro atoms. The van der Waals surface area contributed by atoms with E-state index in [0.29, 0.717) is 5.41 Å². The van der Waals surface area contributed by atoms with Crippen molar-refractivity contribution in [3.05, 3.63) is 18.7 Å². The molecule has 2 heterocycles. The number of halogens is 1. The van der Waals surface area contributed by atoms with Gasteiger partial charge in [0.05, 0.1) is 6.33 Å². The van der Waals surface area contributed by atoms with Gasteiger partial charge in [0.2, 0.25) is 0 Å². The van der Waals surface area contributed by atoms with Gasteiger partial charge in [-0.25, -0.2) is 4.98 Å². The van der Waals surface area contributed by atoms with Crippen molar-refractivity contribution in [2.24, 2.45) is 10.4 Å². The van der Waals surface area contributed by atoms with Crippen LogP contribution in [0.1, 0.15) is 41.0 Å². The third-order valence-corrected chi connectivity index (χ3v) is 4.87. The van der Waals surface area contributed by atoms with Gasteiger partial charge in [-0.2, -0.15) is 0 Å². The lowest BCUT2D eigenvalue weighted by Crippen LogP contribution is -2.72. The summed E-state index contributed by atoms with van der Waals surface area (Å²) >= 11 is 0. The molecule has 22 heavy (non-hydrogen) atoms. The van der Waals surface area contributed by atoms with E-state index in [-0.39, 0.29) is 29.5 Å². The van der Waals surface area contributed by atoms with Gasteiger partial charge in [-0.05, 0) is 27.2 Å². The third kappa shape index (κ3) is 3.94. The molecule has 0 aromatic carbocycles. The zero-order chi connectivity index (χ0) is 15.5. The van der Waals surface area contributed by atoms with Crippen LogP contribution in [0.25, 0.3) is 0 Å². The van der Waals surface area contributed by atoms with Crippen LogP contribution in [0, 0.1) is 5.41 Å². The molecule has 6 heteroatoms. The SMILES string of the molecule is CCNC(=NCCCn1ccnc1)N1CC(C)(C)C1(C)C.I. The van der Waals surface area contributed by atoms with Crippen molar-refractivity contribution in [3.63, 3.8) is 0 Å². The Bertz CT molecular complexity index is 479. The van der Waals surface area contributed by atoms with Gasteiger partial charge in [0.15, 0.2) is 5.96 Å². The first-order chi connectivity index (χ1) is 9.88. The van der Waals surface area contributed by atoms with Gasteiger partial charge in [-0.15, -0.1) is 24.0 Å².